The Bertz CT molecular complexity index is 999. The van der Waals surface area contributed by atoms with E-state index in [1.54, 1.807) is 0 Å². The number of hydrogen-bond acceptors (Lipinski definition) is 1. The van der Waals surface area contributed by atoms with Crippen LogP contribution in [0.25, 0.3) is 11.1 Å². The molecule has 1 heteroatoms. The Morgan fingerprint density at radius 3 is 1.50 bits per heavy atom. The molecule has 0 bridgehead atoms. The van der Waals surface area contributed by atoms with Gasteiger partial charge in [0.05, 0.1) is 0 Å². The summed E-state index contributed by atoms with van der Waals surface area (Å²) in [4.78, 5) is 0.981. The van der Waals surface area contributed by atoms with Crippen LogP contribution in [0.1, 0.15) is 29.2 Å². The van der Waals surface area contributed by atoms with Crippen molar-refractivity contribution in [3.05, 3.63) is 125 Å². The summed E-state index contributed by atoms with van der Waals surface area (Å²) < 4.78 is 0. The van der Waals surface area contributed by atoms with Crippen molar-refractivity contribution < 1.29 is 0 Å². The SMILES string of the molecule is Cc1ccc(C(C)(c2ccc(S)cc2)c2ccc(-c3ccccc3)cc2)cc1. The number of aryl methyl sites for hydroxylation is 1. The number of hydrogen-bond donors (Lipinski definition) is 1. The average molecular weight is 381 g/mol. The van der Waals surface area contributed by atoms with Crippen molar-refractivity contribution in [2.24, 2.45) is 0 Å². The largest absolute Gasteiger partial charge is 0.143 e. The van der Waals surface area contributed by atoms with Crippen LogP contribution in [-0.4, -0.2) is 0 Å². The third-order valence-electron chi connectivity index (χ3n) is 5.64. The minimum absolute atomic E-state index is 0.232. The molecule has 0 saturated heterocycles. The summed E-state index contributed by atoms with van der Waals surface area (Å²) in [5, 5.41) is 0. The molecule has 0 radical (unpaired) electrons. The molecule has 28 heavy (non-hydrogen) atoms. The monoisotopic (exact) mass is 380 g/mol. The minimum atomic E-state index is -0.232. The van der Waals surface area contributed by atoms with Gasteiger partial charge in [-0.05, 0) is 53.8 Å². The molecule has 0 aliphatic heterocycles. The molecule has 0 spiro atoms. The van der Waals surface area contributed by atoms with Gasteiger partial charge in [-0.1, -0.05) is 96.6 Å². The molecule has 0 N–H and O–H groups in total. The Morgan fingerprint density at radius 2 is 0.964 bits per heavy atom. The summed E-state index contributed by atoms with van der Waals surface area (Å²) in [6.07, 6.45) is 0. The van der Waals surface area contributed by atoms with Gasteiger partial charge in [0.1, 0.15) is 0 Å². The third kappa shape index (κ3) is 3.50. The molecule has 4 aromatic rings. The molecule has 1 atom stereocenters. The Hall–Kier alpha value is -2.77. The van der Waals surface area contributed by atoms with E-state index in [4.69, 9.17) is 0 Å². The maximum absolute atomic E-state index is 4.47. The molecule has 0 amide bonds. The van der Waals surface area contributed by atoms with Crippen LogP contribution in [0.4, 0.5) is 0 Å². The predicted molar refractivity (Wildman–Crippen MR) is 122 cm³/mol. The molecule has 0 aromatic heterocycles. The zero-order chi connectivity index (χ0) is 19.6. The normalized spacial score (nSPS) is 13.1. The second-order valence-electron chi connectivity index (χ2n) is 7.48. The second kappa shape index (κ2) is 7.69. The van der Waals surface area contributed by atoms with E-state index in [9.17, 15) is 0 Å². The van der Waals surface area contributed by atoms with Gasteiger partial charge >= 0.3 is 0 Å². The summed E-state index contributed by atoms with van der Waals surface area (Å²) in [7, 11) is 0. The first-order chi connectivity index (χ1) is 13.6. The van der Waals surface area contributed by atoms with E-state index >= 15 is 0 Å². The maximum atomic E-state index is 4.47. The van der Waals surface area contributed by atoms with Gasteiger partial charge in [-0.2, -0.15) is 0 Å². The summed E-state index contributed by atoms with van der Waals surface area (Å²) in [5.74, 6) is 0. The van der Waals surface area contributed by atoms with Crippen molar-refractivity contribution in [3.63, 3.8) is 0 Å². The Kier molecular flexibility index (Phi) is 5.11. The number of thiol groups is 1. The standard InChI is InChI=1S/C27H24S/c1-20-8-12-23(13-9-20)27(2,25-16-18-26(28)19-17-25)24-14-10-22(11-15-24)21-6-4-3-5-7-21/h3-19,28H,1-2H3. The van der Waals surface area contributed by atoms with Crippen molar-refractivity contribution in [2.75, 3.05) is 0 Å². The van der Waals surface area contributed by atoms with Crippen molar-refractivity contribution in [1.82, 2.24) is 0 Å². The highest BCUT2D eigenvalue weighted by Gasteiger charge is 2.31. The second-order valence-corrected chi connectivity index (χ2v) is 8.00. The van der Waals surface area contributed by atoms with Gasteiger partial charge in [0.25, 0.3) is 0 Å². The Labute approximate surface area is 173 Å². The lowest BCUT2D eigenvalue weighted by atomic mass is 9.71. The van der Waals surface area contributed by atoms with Crippen LogP contribution in [0.15, 0.2) is 108 Å². The molecule has 0 aliphatic rings. The van der Waals surface area contributed by atoms with Crippen molar-refractivity contribution in [2.45, 2.75) is 24.2 Å². The number of benzene rings is 4. The summed E-state index contributed by atoms with van der Waals surface area (Å²) in [6, 6.07) is 36.9. The van der Waals surface area contributed by atoms with Gasteiger partial charge < -0.3 is 0 Å². The lowest BCUT2D eigenvalue weighted by Crippen LogP contribution is -2.25. The third-order valence-corrected chi connectivity index (χ3v) is 5.94. The molecule has 0 saturated carbocycles. The topological polar surface area (TPSA) is 0 Å². The van der Waals surface area contributed by atoms with E-state index in [0.29, 0.717) is 0 Å². The van der Waals surface area contributed by atoms with E-state index in [-0.39, 0.29) is 5.41 Å². The fourth-order valence-corrected chi connectivity index (χ4v) is 3.96. The van der Waals surface area contributed by atoms with Gasteiger partial charge in [0.15, 0.2) is 0 Å². The Morgan fingerprint density at radius 1 is 0.536 bits per heavy atom. The van der Waals surface area contributed by atoms with Crippen LogP contribution in [0.2, 0.25) is 0 Å². The zero-order valence-corrected chi connectivity index (χ0v) is 17.2. The zero-order valence-electron chi connectivity index (χ0n) is 16.3. The van der Waals surface area contributed by atoms with Crippen LogP contribution in [0, 0.1) is 6.92 Å². The van der Waals surface area contributed by atoms with Gasteiger partial charge in [0, 0.05) is 10.3 Å². The van der Waals surface area contributed by atoms with E-state index < -0.39 is 0 Å². The molecule has 1 unspecified atom stereocenters. The Balaban J connectivity index is 1.83. The number of rotatable bonds is 4. The molecule has 4 rings (SSSR count). The average Bonchev–Trinajstić information content (AvgIpc) is 2.75. The summed E-state index contributed by atoms with van der Waals surface area (Å²) >= 11 is 4.47. The fraction of sp³-hybridized carbons (Fsp3) is 0.111. The van der Waals surface area contributed by atoms with Crippen molar-refractivity contribution in [3.8, 4) is 11.1 Å². The lowest BCUT2D eigenvalue weighted by Gasteiger charge is -2.32. The fourth-order valence-electron chi connectivity index (χ4n) is 3.81. The lowest BCUT2D eigenvalue weighted by molar-refractivity contribution is 0.691. The first-order valence-electron chi connectivity index (χ1n) is 9.60. The molecule has 0 fully saturated rings. The minimum Gasteiger partial charge on any atom is -0.143 e. The van der Waals surface area contributed by atoms with Gasteiger partial charge in [0.2, 0.25) is 0 Å². The van der Waals surface area contributed by atoms with Gasteiger partial charge in [-0.15, -0.1) is 12.6 Å². The first-order valence-corrected chi connectivity index (χ1v) is 10.0. The smallest absolute Gasteiger partial charge is 0.0423 e. The molecule has 138 valence electrons. The molecule has 0 nitrogen and oxygen atoms in total. The molecule has 0 aliphatic carbocycles. The van der Waals surface area contributed by atoms with E-state index in [1.807, 2.05) is 0 Å². The summed E-state index contributed by atoms with van der Waals surface area (Å²) in [5.41, 5.74) is 7.36. The maximum Gasteiger partial charge on any atom is 0.0423 e. The van der Waals surface area contributed by atoms with Crippen LogP contribution < -0.4 is 0 Å². The predicted octanol–water partition coefficient (Wildman–Crippen LogP) is 7.31. The van der Waals surface area contributed by atoms with E-state index in [0.717, 1.165) is 4.90 Å². The van der Waals surface area contributed by atoms with Crippen LogP contribution >= 0.6 is 12.6 Å². The summed E-state index contributed by atoms with van der Waals surface area (Å²) in [6.45, 7) is 4.44. The van der Waals surface area contributed by atoms with Crippen molar-refractivity contribution >= 4 is 12.6 Å². The molecular formula is C27H24S. The van der Waals surface area contributed by atoms with Crippen LogP contribution in [0.5, 0.6) is 0 Å². The van der Waals surface area contributed by atoms with Crippen LogP contribution in [-0.2, 0) is 5.41 Å². The van der Waals surface area contributed by atoms with Crippen molar-refractivity contribution in [1.29, 1.82) is 0 Å². The molecule has 4 aromatic carbocycles. The highest BCUT2D eigenvalue weighted by molar-refractivity contribution is 7.80. The van der Waals surface area contributed by atoms with E-state index in [2.05, 4.69) is 130 Å². The van der Waals surface area contributed by atoms with Gasteiger partial charge in [-0.3, -0.25) is 0 Å². The highest BCUT2D eigenvalue weighted by atomic mass is 32.1. The molecule has 0 heterocycles. The van der Waals surface area contributed by atoms with Gasteiger partial charge in [-0.25, -0.2) is 0 Å². The van der Waals surface area contributed by atoms with E-state index in [1.165, 1.54) is 33.4 Å². The first kappa shape index (κ1) is 18.6. The highest BCUT2D eigenvalue weighted by Crippen LogP contribution is 2.39. The molecular weight excluding hydrogens is 356 g/mol. The quantitative estimate of drug-likeness (QED) is 0.278. The van der Waals surface area contributed by atoms with Crippen LogP contribution in [0.3, 0.4) is 0 Å².